The van der Waals surface area contributed by atoms with Crippen LogP contribution in [0.25, 0.3) is 0 Å². The first kappa shape index (κ1) is 12.6. The van der Waals surface area contributed by atoms with Crippen LogP contribution >= 0.6 is 0 Å². The van der Waals surface area contributed by atoms with Crippen LogP contribution in [0.5, 0.6) is 0 Å². The summed E-state index contributed by atoms with van der Waals surface area (Å²) in [6.45, 7) is 9.31. The van der Waals surface area contributed by atoms with Crippen molar-refractivity contribution in [1.29, 1.82) is 0 Å². The van der Waals surface area contributed by atoms with Crippen LogP contribution in [-0.2, 0) is 0 Å². The minimum absolute atomic E-state index is 0.508. The summed E-state index contributed by atoms with van der Waals surface area (Å²) in [4.78, 5) is 2.60. The van der Waals surface area contributed by atoms with Gasteiger partial charge in [-0.05, 0) is 11.5 Å². The molecule has 0 spiro atoms. The molecule has 1 N–H and O–H groups in total. The molecule has 1 aromatic rings. The summed E-state index contributed by atoms with van der Waals surface area (Å²) in [6, 6.07) is 11.3. The molecule has 2 unspecified atom stereocenters. The highest BCUT2D eigenvalue weighted by molar-refractivity contribution is 5.19. The smallest absolute Gasteiger partial charge is 0.0449 e. The monoisotopic (exact) mass is 232 g/mol. The topological polar surface area (TPSA) is 15.3 Å². The normalized spacial score (nSPS) is 23.5. The van der Waals surface area contributed by atoms with E-state index in [1.165, 1.54) is 25.1 Å². The molecule has 1 aromatic carbocycles. The molecule has 94 valence electrons. The summed E-state index contributed by atoms with van der Waals surface area (Å²) < 4.78 is 0. The maximum absolute atomic E-state index is 3.61. The molecular formula is C15H24N2. The average Bonchev–Trinajstić information content (AvgIpc) is 2.40. The van der Waals surface area contributed by atoms with Crippen LogP contribution in [0.1, 0.15) is 31.9 Å². The zero-order valence-corrected chi connectivity index (χ0v) is 11.0. The number of hydrogen-bond acceptors (Lipinski definition) is 2. The summed E-state index contributed by atoms with van der Waals surface area (Å²) in [5, 5.41) is 3.61. The first-order valence-corrected chi connectivity index (χ1v) is 6.80. The highest BCUT2D eigenvalue weighted by atomic mass is 15.2. The molecule has 1 heterocycles. The van der Waals surface area contributed by atoms with E-state index < -0.39 is 0 Å². The number of rotatable bonds is 4. The van der Waals surface area contributed by atoms with Gasteiger partial charge in [-0.15, -0.1) is 0 Å². The second-order valence-corrected chi connectivity index (χ2v) is 5.19. The number of benzene rings is 1. The minimum atomic E-state index is 0.508. The zero-order chi connectivity index (χ0) is 12.1. The minimum Gasteiger partial charge on any atom is -0.308 e. The van der Waals surface area contributed by atoms with Crippen LogP contribution < -0.4 is 5.32 Å². The van der Waals surface area contributed by atoms with Gasteiger partial charge in [0.2, 0.25) is 0 Å². The van der Waals surface area contributed by atoms with Crippen molar-refractivity contribution in [3.05, 3.63) is 35.9 Å². The lowest BCUT2D eigenvalue weighted by molar-refractivity contribution is 0.176. The predicted octanol–water partition coefficient (Wildman–Crippen LogP) is 2.68. The Morgan fingerprint density at radius 2 is 2.12 bits per heavy atom. The lowest BCUT2D eigenvalue weighted by atomic mass is 10.0. The van der Waals surface area contributed by atoms with Gasteiger partial charge in [-0.2, -0.15) is 0 Å². The Balaban J connectivity index is 1.93. The Kier molecular flexibility index (Phi) is 4.57. The molecule has 1 aliphatic rings. The fraction of sp³-hybridized carbons (Fsp3) is 0.600. The van der Waals surface area contributed by atoms with E-state index in [1.54, 1.807) is 0 Å². The number of piperazine rings is 1. The van der Waals surface area contributed by atoms with Gasteiger partial charge in [-0.3, -0.25) is 4.90 Å². The largest absolute Gasteiger partial charge is 0.308 e. The second-order valence-electron chi connectivity index (χ2n) is 5.19. The van der Waals surface area contributed by atoms with Crippen molar-refractivity contribution in [2.45, 2.75) is 26.3 Å². The van der Waals surface area contributed by atoms with Gasteiger partial charge in [-0.1, -0.05) is 50.6 Å². The van der Waals surface area contributed by atoms with Gasteiger partial charge in [0.15, 0.2) is 0 Å². The molecule has 0 radical (unpaired) electrons. The van der Waals surface area contributed by atoms with Crippen molar-refractivity contribution in [3.63, 3.8) is 0 Å². The maximum Gasteiger partial charge on any atom is 0.0449 e. The molecule has 0 saturated carbocycles. The van der Waals surface area contributed by atoms with E-state index in [-0.39, 0.29) is 0 Å². The van der Waals surface area contributed by atoms with E-state index in [2.05, 4.69) is 54.4 Å². The Morgan fingerprint density at radius 1 is 1.35 bits per heavy atom. The molecule has 0 amide bonds. The van der Waals surface area contributed by atoms with Crippen LogP contribution in [0.2, 0.25) is 0 Å². The zero-order valence-electron chi connectivity index (χ0n) is 11.0. The number of hydrogen-bond donors (Lipinski definition) is 1. The fourth-order valence-electron chi connectivity index (χ4n) is 2.46. The second kappa shape index (κ2) is 6.18. The Hall–Kier alpha value is -0.860. The molecule has 1 aliphatic heterocycles. The quantitative estimate of drug-likeness (QED) is 0.858. The lowest BCUT2D eigenvalue weighted by Gasteiger charge is -2.35. The first-order chi connectivity index (χ1) is 8.29. The van der Waals surface area contributed by atoms with Gasteiger partial charge in [0.1, 0.15) is 0 Å². The van der Waals surface area contributed by atoms with Crippen LogP contribution in [0.15, 0.2) is 30.3 Å². The predicted molar refractivity (Wildman–Crippen MR) is 73.1 cm³/mol. The van der Waals surface area contributed by atoms with Gasteiger partial charge in [-0.25, -0.2) is 0 Å². The van der Waals surface area contributed by atoms with E-state index in [0.717, 1.165) is 19.0 Å². The molecule has 2 nitrogen and oxygen atoms in total. The van der Waals surface area contributed by atoms with Crippen LogP contribution in [0.4, 0.5) is 0 Å². The van der Waals surface area contributed by atoms with Gasteiger partial charge < -0.3 is 5.32 Å². The standard InChI is InChI=1S/C15H24N2/c1-3-13(2)11-17-10-9-16-15(12-17)14-7-5-4-6-8-14/h4-8,13,15-16H,3,9-12H2,1-2H3. The number of nitrogens with zero attached hydrogens (tertiary/aromatic N) is 1. The molecule has 17 heavy (non-hydrogen) atoms. The van der Waals surface area contributed by atoms with Crippen molar-refractivity contribution in [2.24, 2.45) is 5.92 Å². The van der Waals surface area contributed by atoms with Gasteiger partial charge in [0.25, 0.3) is 0 Å². The van der Waals surface area contributed by atoms with Crippen molar-refractivity contribution >= 4 is 0 Å². The molecular weight excluding hydrogens is 208 g/mol. The Bertz CT molecular complexity index is 323. The van der Waals surface area contributed by atoms with Gasteiger partial charge >= 0.3 is 0 Å². The SMILES string of the molecule is CCC(C)CN1CCNC(c2ccccc2)C1. The maximum atomic E-state index is 3.61. The van der Waals surface area contributed by atoms with E-state index in [1.807, 2.05) is 0 Å². The van der Waals surface area contributed by atoms with Crippen LogP contribution in [0, 0.1) is 5.92 Å². The molecule has 0 aliphatic carbocycles. The summed E-state index contributed by atoms with van der Waals surface area (Å²) in [7, 11) is 0. The van der Waals surface area contributed by atoms with E-state index in [9.17, 15) is 0 Å². The van der Waals surface area contributed by atoms with E-state index >= 15 is 0 Å². The van der Waals surface area contributed by atoms with E-state index in [4.69, 9.17) is 0 Å². The van der Waals surface area contributed by atoms with Crippen molar-refractivity contribution < 1.29 is 0 Å². The van der Waals surface area contributed by atoms with Gasteiger partial charge in [0.05, 0.1) is 0 Å². The summed E-state index contributed by atoms with van der Waals surface area (Å²) in [5.41, 5.74) is 1.42. The van der Waals surface area contributed by atoms with Crippen LogP contribution in [0.3, 0.4) is 0 Å². The molecule has 2 atom stereocenters. The third-order valence-electron chi connectivity index (χ3n) is 3.73. The number of nitrogens with one attached hydrogen (secondary N) is 1. The first-order valence-electron chi connectivity index (χ1n) is 6.80. The van der Waals surface area contributed by atoms with Crippen molar-refractivity contribution in [1.82, 2.24) is 10.2 Å². The summed E-state index contributed by atoms with van der Waals surface area (Å²) in [5.74, 6) is 0.810. The Labute approximate surface area is 105 Å². The van der Waals surface area contributed by atoms with Crippen molar-refractivity contribution in [2.75, 3.05) is 26.2 Å². The molecule has 2 rings (SSSR count). The summed E-state index contributed by atoms with van der Waals surface area (Å²) >= 11 is 0. The lowest BCUT2D eigenvalue weighted by Crippen LogP contribution is -2.47. The highest BCUT2D eigenvalue weighted by Crippen LogP contribution is 2.18. The molecule has 0 aromatic heterocycles. The fourth-order valence-corrected chi connectivity index (χ4v) is 2.46. The average molecular weight is 232 g/mol. The Morgan fingerprint density at radius 3 is 2.82 bits per heavy atom. The summed E-state index contributed by atoms with van der Waals surface area (Å²) in [6.07, 6.45) is 1.28. The molecule has 1 fully saturated rings. The van der Waals surface area contributed by atoms with Crippen LogP contribution in [-0.4, -0.2) is 31.1 Å². The third kappa shape index (κ3) is 3.55. The molecule has 0 bridgehead atoms. The molecule has 1 saturated heterocycles. The van der Waals surface area contributed by atoms with E-state index in [0.29, 0.717) is 6.04 Å². The molecule has 2 heteroatoms. The highest BCUT2D eigenvalue weighted by Gasteiger charge is 2.21. The van der Waals surface area contributed by atoms with Gasteiger partial charge in [0, 0.05) is 32.2 Å². The third-order valence-corrected chi connectivity index (χ3v) is 3.73. The van der Waals surface area contributed by atoms with Crippen molar-refractivity contribution in [3.8, 4) is 0 Å².